The van der Waals surface area contributed by atoms with Crippen LogP contribution < -0.4 is 16.2 Å². The van der Waals surface area contributed by atoms with E-state index in [-0.39, 0.29) is 29.6 Å². The first-order chi connectivity index (χ1) is 14.8. The van der Waals surface area contributed by atoms with Crippen molar-refractivity contribution in [3.05, 3.63) is 45.9 Å². The summed E-state index contributed by atoms with van der Waals surface area (Å²) in [6, 6.07) is 7.28. The highest BCUT2D eigenvalue weighted by molar-refractivity contribution is 6.01. The van der Waals surface area contributed by atoms with E-state index < -0.39 is 5.60 Å². The molecule has 0 unspecified atom stereocenters. The molecule has 2 fully saturated rings. The van der Waals surface area contributed by atoms with Crippen LogP contribution in [-0.2, 0) is 6.54 Å². The van der Waals surface area contributed by atoms with Crippen molar-refractivity contribution < 1.29 is 9.90 Å². The third-order valence-corrected chi connectivity index (χ3v) is 6.84. The van der Waals surface area contributed by atoms with Crippen LogP contribution in [0.4, 0.5) is 5.95 Å². The molecule has 8 heteroatoms. The second-order valence-electron chi connectivity index (χ2n) is 9.64. The number of carbonyl (C=O) groups is 1. The second kappa shape index (κ2) is 5.97. The quantitative estimate of drug-likeness (QED) is 0.508. The van der Waals surface area contributed by atoms with Gasteiger partial charge in [-0.1, -0.05) is 12.1 Å². The number of aromatic amines is 1. The molecular weight excluding hydrogens is 394 g/mol. The molecule has 3 heterocycles. The highest BCUT2D eigenvalue weighted by Gasteiger charge is 2.43. The molecule has 1 aliphatic heterocycles. The smallest absolute Gasteiger partial charge is 0.262 e. The van der Waals surface area contributed by atoms with Gasteiger partial charge in [0, 0.05) is 16.8 Å². The molecule has 0 saturated heterocycles. The van der Waals surface area contributed by atoms with Crippen molar-refractivity contribution in [2.75, 3.05) is 5.32 Å². The lowest BCUT2D eigenvalue weighted by molar-refractivity contribution is 0.0958. The van der Waals surface area contributed by atoms with Gasteiger partial charge in [0.05, 0.1) is 40.3 Å². The van der Waals surface area contributed by atoms with Crippen LogP contribution in [0.3, 0.4) is 0 Å². The lowest BCUT2D eigenvalue weighted by Gasteiger charge is -2.20. The first-order valence-corrected chi connectivity index (χ1v) is 10.8. The van der Waals surface area contributed by atoms with Crippen molar-refractivity contribution in [1.82, 2.24) is 19.9 Å². The Balaban J connectivity index is 1.54. The fourth-order valence-corrected chi connectivity index (χ4v) is 4.37. The Bertz CT molecular complexity index is 1310. The van der Waals surface area contributed by atoms with Gasteiger partial charge in [-0.2, -0.15) is 0 Å². The first kappa shape index (κ1) is 18.6. The number of anilines is 1. The van der Waals surface area contributed by atoms with Crippen LogP contribution in [0.1, 0.15) is 61.6 Å². The minimum Gasteiger partial charge on any atom is -0.388 e. The standard InChI is InChI=1S/C23H25N5O3/c1-12-17-15(19(29)24-12)10-16(25-17)13-4-3-5-14-18(13)26-21(27-22(2)6-7-22)28(20(14)30)11-23(31)8-9-23/h3-5,10,12,25,31H,6-9,11H2,1-2H3,(H,24,29)(H,26,27)/t12-/m1/s1. The predicted octanol–water partition coefficient (Wildman–Crippen LogP) is 2.69. The normalized spacial score (nSPS) is 22.3. The zero-order valence-corrected chi connectivity index (χ0v) is 17.6. The number of carbonyl (C=O) groups excluding carboxylic acids is 1. The number of nitrogens with zero attached hydrogens (tertiary/aromatic N) is 2. The van der Waals surface area contributed by atoms with Gasteiger partial charge >= 0.3 is 0 Å². The monoisotopic (exact) mass is 419 g/mol. The maximum absolute atomic E-state index is 13.5. The van der Waals surface area contributed by atoms with Crippen LogP contribution in [0.25, 0.3) is 22.2 Å². The molecule has 31 heavy (non-hydrogen) atoms. The van der Waals surface area contributed by atoms with E-state index in [2.05, 4.69) is 22.5 Å². The number of amides is 1. The molecule has 3 aromatic rings. The van der Waals surface area contributed by atoms with E-state index in [4.69, 9.17) is 4.98 Å². The minimum atomic E-state index is -0.818. The summed E-state index contributed by atoms with van der Waals surface area (Å²) in [5.41, 5.74) is 2.57. The summed E-state index contributed by atoms with van der Waals surface area (Å²) < 4.78 is 1.59. The van der Waals surface area contributed by atoms with Crippen molar-refractivity contribution in [2.24, 2.45) is 0 Å². The van der Waals surface area contributed by atoms with Crippen molar-refractivity contribution >= 4 is 22.8 Å². The van der Waals surface area contributed by atoms with Crippen LogP contribution in [0.15, 0.2) is 29.1 Å². The van der Waals surface area contributed by atoms with Gasteiger partial charge < -0.3 is 20.7 Å². The van der Waals surface area contributed by atoms with E-state index in [0.717, 1.165) is 29.8 Å². The topological polar surface area (TPSA) is 112 Å². The van der Waals surface area contributed by atoms with Crippen LogP contribution in [0.5, 0.6) is 0 Å². The average molecular weight is 419 g/mol. The maximum Gasteiger partial charge on any atom is 0.262 e. The molecule has 1 aromatic carbocycles. The Kier molecular flexibility index (Phi) is 3.59. The number of para-hydroxylation sites is 1. The zero-order valence-electron chi connectivity index (χ0n) is 17.6. The molecule has 2 aliphatic carbocycles. The molecule has 0 radical (unpaired) electrons. The van der Waals surface area contributed by atoms with Gasteiger partial charge in [-0.25, -0.2) is 4.98 Å². The Morgan fingerprint density at radius 2 is 2.00 bits per heavy atom. The largest absolute Gasteiger partial charge is 0.388 e. The number of nitrogens with one attached hydrogen (secondary N) is 3. The SMILES string of the molecule is C[C@H]1NC(=O)c2cc(-c3cccc4c(=O)n(CC5(O)CC5)c(NC5(C)CC5)nc34)[nH]c21. The van der Waals surface area contributed by atoms with E-state index in [0.29, 0.717) is 35.3 Å². The van der Waals surface area contributed by atoms with E-state index in [1.165, 1.54) is 0 Å². The summed E-state index contributed by atoms with van der Waals surface area (Å²) in [5, 5.41) is 17.3. The Hall–Kier alpha value is -3.13. The number of rotatable bonds is 5. The third kappa shape index (κ3) is 2.96. The van der Waals surface area contributed by atoms with E-state index in [1.54, 1.807) is 10.6 Å². The summed E-state index contributed by atoms with van der Waals surface area (Å²) >= 11 is 0. The molecule has 2 aromatic heterocycles. The summed E-state index contributed by atoms with van der Waals surface area (Å²) in [6.07, 6.45) is 3.43. The fourth-order valence-electron chi connectivity index (χ4n) is 4.37. The van der Waals surface area contributed by atoms with Crippen molar-refractivity contribution in [3.8, 4) is 11.3 Å². The number of aromatic nitrogens is 3. The lowest BCUT2D eigenvalue weighted by atomic mass is 10.1. The number of aliphatic hydroxyl groups is 1. The van der Waals surface area contributed by atoms with Gasteiger partial charge in [-0.15, -0.1) is 0 Å². The Morgan fingerprint density at radius 3 is 2.68 bits per heavy atom. The number of H-pyrrole nitrogens is 1. The van der Waals surface area contributed by atoms with E-state index in [1.807, 2.05) is 25.1 Å². The van der Waals surface area contributed by atoms with Crippen LogP contribution in [0.2, 0.25) is 0 Å². The minimum absolute atomic E-state index is 0.0723. The summed E-state index contributed by atoms with van der Waals surface area (Å²) in [6.45, 7) is 4.29. The third-order valence-electron chi connectivity index (χ3n) is 6.84. The molecule has 1 amide bonds. The molecule has 0 bridgehead atoms. The molecule has 6 rings (SSSR count). The molecule has 160 valence electrons. The van der Waals surface area contributed by atoms with E-state index >= 15 is 0 Å². The molecule has 3 aliphatic rings. The molecule has 1 atom stereocenters. The van der Waals surface area contributed by atoms with Crippen LogP contribution >= 0.6 is 0 Å². The summed E-state index contributed by atoms with van der Waals surface area (Å²) in [7, 11) is 0. The fraction of sp³-hybridized carbons (Fsp3) is 0.435. The van der Waals surface area contributed by atoms with Gasteiger partial charge in [0.25, 0.3) is 11.5 Å². The van der Waals surface area contributed by atoms with Crippen molar-refractivity contribution in [2.45, 2.75) is 63.3 Å². The second-order valence-corrected chi connectivity index (χ2v) is 9.64. The van der Waals surface area contributed by atoms with Crippen molar-refractivity contribution in [3.63, 3.8) is 0 Å². The highest BCUT2D eigenvalue weighted by atomic mass is 16.3. The van der Waals surface area contributed by atoms with Crippen LogP contribution in [-0.4, -0.2) is 36.7 Å². The molecule has 4 N–H and O–H groups in total. The lowest BCUT2D eigenvalue weighted by Crippen LogP contribution is -2.33. The molecular formula is C23H25N5O3. The van der Waals surface area contributed by atoms with Gasteiger partial charge in [0.15, 0.2) is 0 Å². The Labute approximate surface area is 178 Å². The van der Waals surface area contributed by atoms with Gasteiger partial charge in [0.2, 0.25) is 5.95 Å². The Morgan fingerprint density at radius 1 is 1.23 bits per heavy atom. The number of hydrogen-bond acceptors (Lipinski definition) is 5. The summed E-state index contributed by atoms with van der Waals surface area (Å²) in [5.74, 6) is 0.401. The highest BCUT2D eigenvalue weighted by Crippen LogP contribution is 2.40. The molecule has 2 saturated carbocycles. The van der Waals surface area contributed by atoms with E-state index in [9.17, 15) is 14.7 Å². The van der Waals surface area contributed by atoms with Crippen molar-refractivity contribution in [1.29, 1.82) is 0 Å². The molecule has 8 nitrogen and oxygen atoms in total. The van der Waals surface area contributed by atoms with Gasteiger partial charge in [-0.05, 0) is 51.7 Å². The number of hydrogen-bond donors (Lipinski definition) is 4. The maximum atomic E-state index is 13.5. The number of benzene rings is 1. The predicted molar refractivity (Wildman–Crippen MR) is 117 cm³/mol. The molecule has 0 spiro atoms. The van der Waals surface area contributed by atoms with Gasteiger partial charge in [0.1, 0.15) is 0 Å². The zero-order chi connectivity index (χ0) is 21.5. The van der Waals surface area contributed by atoms with Crippen LogP contribution in [0, 0.1) is 0 Å². The number of fused-ring (bicyclic) bond motifs is 2. The van der Waals surface area contributed by atoms with Gasteiger partial charge in [-0.3, -0.25) is 14.2 Å². The average Bonchev–Trinajstić information content (AvgIpc) is 3.56. The first-order valence-electron chi connectivity index (χ1n) is 10.8. The summed E-state index contributed by atoms with van der Waals surface area (Å²) in [4.78, 5) is 33.9.